The Morgan fingerprint density at radius 3 is 2.83 bits per heavy atom. The van der Waals surface area contributed by atoms with Crippen molar-refractivity contribution in [1.82, 2.24) is 10.2 Å². The third-order valence-corrected chi connectivity index (χ3v) is 7.62. The number of hydrogen-bond acceptors (Lipinski definition) is 4. The van der Waals surface area contributed by atoms with Gasteiger partial charge in [-0.15, -0.1) is 0 Å². The molecule has 2 bridgehead atoms. The van der Waals surface area contributed by atoms with Crippen LogP contribution >= 0.6 is 0 Å². The summed E-state index contributed by atoms with van der Waals surface area (Å²) < 4.78 is 5.65. The van der Waals surface area contributed by atoms with Crippen LogP contribution in [0.3, 0.4) is 0 Å². The second kappa shape index (κ2) is 6.85. The highest BCUT2D eigenvalue weighted by Gasteiger charge is 2.64. The number of carbonyl (C=O) groups excluding carboxylic acids is 3. The van der Waals surface area contributed by atoms with Crippen molar-refractivity contribution < 1.29 is 19.1 Å². The predicted octanol–water partition coefficient (Wildman–Crippen LogP) is 3.00. The lowest BCUT2D eigenvalue weighted by atomic mass is 9.62. The molecule has 3 aliphatic rings. The number of benzene rings is 1. The van der Waals surface area contributed by atoms with Crippen molar-refractivity contribution in [1.29, 1.82) is 0 Å². The van der Waals surface area contributed by atoms with Crippen molar-refractivity contribution in [2.45, 2.75) is 59.4 Å². The Hall–Kier alpha value is -2.37. The lowest BCUT2D eigenvalue weighted by molar-refractivity contribution is -0.169. The van der Waals surface area contributed by atoms with Crippen molar-refractivity contribution in [3.8, 4) is 5.75 Å². The highest BCUT2D eigenvalue weighted by atomic mass is 16.5. The minimum Gasteiger partial charge on any atom is -0.493 e. The van der Waals surface area contributed by atoms with Gasteiger partial charge in [0.05, 0.1) is 18.1 Å². The van der Waals surface area contributed by atoms with Crippen molar-refractivity contribution >= 4 is 17.7 Å². The number of hydrogen-bond donors (Lipinski definition) is 1. The maximum absolute atomic E-state index is 13.1. The molecule has 2 fully saturated rings. The van der Waals surface area contributed by atoms with E-state index in [4.69, 9.17) is 4.74 Å². The number of likely N-dealkylation sites (tertiary alicyclic amines) is 1. The molecule has 1 saturated heterocycles. The van der Waals surface area contributed by atoms with E-state index in [2.05, 4.69) is 11.4 Å². The van der Waals surface area contributed by atoms with Gasteiger partial charge < -0.3 is 10.1 Å². The predicted molar refractivity (Wildman–Crippen MR) is 108 cm³/mol. The molecule has 6 nitrogen and oxygen atoms in total. The first-order valence-corrected chi connectivity index (χ1v) is 10.6. The molecule has 6 heteroatoms. The molecule has 1 N–H and O–H groups in total. The molecular weight excluding hydrogens is 368 g/mol. The van der Waals surface area contributed by atoms with Crippen LogP contribution in [0.15, 0.2) is 18.2 Å². The summed E-state index contributed by atoms with van der Waals surface area (Å²) in [6.45, 7) is 8.38. The van der Waals surface area contributed by atoms with E-state index in [1.54, 1.807) is 0 Å². The minimum absolute atomic E-state index is 0.198. The largest absolute Gasteiger partial charge is 0.493 e. The fourth-order valence-corrected chi connectivity index (χ4v) is 5.21. The van der Waals surface area contributed by atoms with E-state index in [9.17, 15) is 14.4 Å². The molecule has 1 aromatic rings. The zero-order valence-electron chi connectivity index (χ0n) is 17.7. The van der Waals surface area contributed by atoms with Crippen molar-refractivity contribution in [3.63, 3.8) is 0 Å². The second-order valence-electron chi connectivity index (χ2n) is 9.48. The number of aryl methyl sites for hydroxylation is 1. The van der Waals surface area contributed by atoms with E-state index >= 15 is 0 Å². The number of rotatable bonds is 4. The van der Waals surface area contributed by atoms with Crippen molar-refractivity contribution in [3.05, 3.63) is 29.3 Å². The van der Waals surface area contributed by atoms with Crippen LogP contribution in [0.4, 0.5) is 0 Å². The third-order valence-electron chi connectivity index (χ3n) is 7.62. The first kappa shape index (κ1) is 19.9. The van der Waals surface area contributed by atoms with Gasteiger partial charge in [0, 0.05) is 5.92 Å². The first-order chi connectivity index (χ1) is 13.6. The smallest absolute Gasteiger partial charge is 0.240 e. The molecule has 3 atom stereocenters. The van der Waals surface area contributed by atoms with Crippen LogP contribution in [-0.4, -0.2) is 35.8 Å². The molecule has 2 aliphatic heterocycles. The van der Waals surface area contributed by atoms with Gasteiger partial charge in [0.25, 0.3) is 0 Å². The summed E-state index contributed by atoms with van der Waals surface area (Å²) in [5.74, 6) is -0.0139. The summed E-state index contributed by atoms with van der Waals surface area (Å²) in [6.07, 6.45) is 3.36. The summed E-state index contributed by atoms with van der Waals surface area (Å²) in [6, 6.07) is 5.76. The number of ether oxygens (including phenoxy) is 1. The number of piperidine rings is 1. The van der Waals surface area contributed by atoms with Gasteiger partial charge in [0.2, 0.25) is 17.7 Å². The van der Waals surface area contributed by atoms with E-state index < -0.39 is 5.41 Å². The van der Waals surface area contributed by atoms with E-state index in [0.717, 1.165) is 36.3 Å². The molecule has 1 saturated carbocycles. The molecule has 0 spiro atoms. The molecule has 1 aromatic carbocycles. The van der Waals surface area contributed by atoms with Crippen LogP contribution in [-0.2, 0) is 20.8 Å². The zero-order valence-corrected chi connectivity index (χ0v) is 17.7. The normalized spacial score (nSPS) is 28.6. The molecule has 3 amide bonds. The summed E-state index contributed by atoms with van der Waals surface area (Å²) in [5.41, 5.74) is 1.19. The highest BCUT2D eigenvalue weighted by molar-refractivity contribution is 6.06. The molecule has 0 unspecified atom stereocenters. The number of imide groups is 1. The molecule has 0 radical (unpaired) electrons. The van der Waals surface area contributed by atoms with Gasteiger partial charge >= 0.3 is 0 Å². The maximum atomic E-state index is 13.1. The summed E-state index contributed by atoms with van der Waals surface area (Å²) in [7, 11) is 0. The fraction of sp³-hybridized carbons (Fsp3) is 0.609. The topological polar surface area (TPSA) is 75.7 Å². The number of amides is 3. The summed E-state index contributed by atoms with van der Waals surface area (Å²) in [5, 5.41) is 2.95. The summed E-state index contributed by atoms with van der Waals surface area (Å²) in [4.78, 5) is 39.9. The Labute approximate surface area is 172 Å². The van der Waals surface area contributed by atoms with E-state index in [0.29, 0.717) is 12.8 Å². The van der Waals surface area contributed by atoms with Crippen LogP contribution < -0.4 is 10.1 Å². The van der Waals surface area contributed by atoms with E-state index in [1.165, 1.54) is 4.90 Å². The van der Waals surface area contributed by atoms with Crippen LogP contribution in [0.2, 0.25) is 0 Å². The Morgan fingerprint density at radius 1 is 1.31 bits per heavy atom. The lowest BCUT2D eigenvalue weighted by Crippen LogP contribution is -2.60. The Kier molecular flexibility index (Phi) is 4.71. The summed E-state index contributed by atoms with van der Waals surface area (Å²) >= 11 is 0. The third kappa shape index (κ3) is 3.04. The number of carbonyl (C=O) groups is 3. The van der Waals surface area contributed by atoms with Gasteiger partial charge in [-0.1, -0.05) is 32.9 Å². The number of fused-ring (bicyclic) bond motifs is 3. The van der Waals surface area contributed by atoms with Gasteiger partial charge in [-0.25, -0.2) is 0 Å². The highest BCUT2D eigenvalue weighted by Crippen LogP contribution is 2.59. The van der Waals surface area contributed by atoms with Crippen molar-refractivity contribution in [2.75, 3.05) is 13.2 Å². The zero-order chi connectivity index (χ0) is 21.0. The first-order valence-electron chi connectivity index (χ1n) is 10.6. The Morgan fingerprint density at radius 2 is 2.07 bits per heavy atom. The van der Waals surface area contributed by atoms with E-state index in [1.807, 2.05) is 39.8 Å². The van der Waals surface area contributed by atoms with Crippen LogP contribution in [0.5, 0.6) is 5.75 Å². The molecule has 156 valence electrons. The molecule has 2 heterocycles. The number of nitrogens with one attached hydrogen (secondary N) is 1. The van der Waals surface area contributed by atoms with Gasteiger partial charge in [-0.3, -0.25) is 19.3 Å². The SMILES string of the molecule is C[C@@H](NC(=O)CN1C(=O)[C@H]2CC[C@@](C)(C1=O)C2(C)C)c1ccc2c(c1)CCCO2. The van der Waals surface area contributed by atoms with Crippen LogP contribution in [0.1, 0.15) is 64.1 Å². The van der Waals surface area contributed by atoms with E-state index in [-0.39, 0.29) is 41.6 Å². The quantitative estimate of drug-likeness (QED) is 0.791. The van der Waals surface area contributed by atoms with Gasteiger partial charge in [0.1, 0.15) is 12.3 Å². The average Bonchev–Trinajstić information content (AvgIpc) is 2.88. The maximum Gasteiger partial charge on any atom is 0.240 e. The molecule has 4 rings (SSSR count). The van der Waals surface area contributed by atoms with Crippen molar-refractivity contribution in [2.24, 2.45) is 16.7 Å². The number of nitrogens with zero attached hydrogens (tertiary/aromatic N) is 1. The van der Waals surface area contributed by atoms with Crippen LogP contribution in [0.25, 0.3) is 0 Å². The fourth-order valence-electron chi connectivity index (χ4n) is 5.21. The second-order valence-corrected chi connectivity index (χ2v) is 9.48. The molecule has 1 aliphatic carbocycles. The van der Waals surface area contributed by atoms with Gasteiger partial charge in [-0.2, -0.15) is 0 Å². The molecular formula is C23H30N2O4. The average molecular weight is 399 g/mol. The van der Waals surface area contributed by atoms with Gasteiger partial charge in [-0.05, 0) is 55.2 Å². The Balaban J connectivity index is 1.45. The van der Waals surface area contributed by atoms with Crippen LogP contribution in [0, 0.1) is 16.7 Å². The monoisotopic (exact) mass is 398 g/mol. The standard InChI is InChI=1S/C23H30N2O4/c1-14(15-7-8-18-16(12-15)6-5-11-29-18)24-19(26)13-25-20(27)17-9-10-23(4,21(25)28)22(17,2)3/h7-8,12,14,17H,5-6,9-11,13H2,1-4H3,(H,24,26)/t14-,17-,23+/m1/s1. The minimum atomic E-state index is -0.587. The lowest BCUT2D eigenvalue weighted by Gasteiger charge is -2.47. The van der Waals surface area contributed by atoms with Gasteiger partial charge in [0.15, 0.2) is 0 Å². The molecule has 0 aromatic heterocycles. The Bertz CT molecular complexity index is 878. The molecule has 29 heavy (non-hydrogen) atoms.